The summed E-state index contributed by atoms with van der Waals surface area (Å²) in [5, 5.41) is 0. The van der Waals surface area contributed by atoms with Crippen LogP contribution in [0.15, 0.2) is 9.79 Å². The fraction of sp³-hybridized carbons (Fsp3) is 0.375. The van der Waals surface area contributed by atoms with Gasteiger partial charge in [0.1, 0.15) is 4.53 Å². The Balaban J connectivity index is 2.62. The lowest BCUT2D eigenvalue weighted by Gasteiger charge is -1.87. The summed E-state index contributed by atoms with van der Waals surface area (Å²) in [4.78, 5) is 27.3. The first kappa shape index (κ1) is 9.14. The first-order chi connectivity index (χ1) is 6.72. The zero-order valence-corrected chi connectivity index (χ0v) is 8.34. The van der Waals surface area contributed by atoms with Gasteiger partial charge in [-0.3, -0.25) is 14.4 Å². The number of carbonyl (C=O) groups is 1. The van der Waals surface area contributed by atoms with E-state index in [-0.39, 0.29) is 5.56 Å². The Bertz CT molecular complexity index is 540. The molecule has 1 aromatic rings. The van der Waals surface area contributed by atoms with Gasteiger partial charge in [0.05, 0.1) is 13.7 Å². The molecule has 0 bridgehead atoms. The molecule has 0 fully saturated rings. The van der Waals surface area contributed by atoms with Crippen molar-refractivity contribution in [3.05, 3.63) is 19.7 Å². The van der Waals surface area contributed by atoms with Crippen LogP contribution >= 0.6 is 11.3 Å². The van der Waals surface area contributed by atoms with E-state index in [0.717, 1.165) is 0 Å². The van der Waals surface area contributed by atoms with Gasteiger partial charge in [0, 0.05) is 12.6 Å². The average Bonchev–Trinajstić information content (AvgIpc) is 2.72. The van der Waals surface area contributed by atoms with Crippen molar-refractivity contribution in [3.8, 4) is 0 Å². The zero-order chi connectivity index (χ0) is 10.1. The Morgan fingerprint density at radius 3 is 3.14 bits per heavy atom. The number of esters is 1. The maximum absolute atomic E-state index is 11.6. The monoisotopic (exact) mass is 212 g/mol. The fourth-order valence-corrected chi connectivity index (χ4v) is 2.22. The van der Waals surface area contributed by atoms with Crippen molar-refractivity contribution in [2.75, 3.05) is 13.7 Å². The lowest BCUT2D eigenvalue weighted by atomic mass is 10.5. The van der Waals surface area contributed by atoms with E-state index in [9.17, 15) is 9.59 Å². The minimum absolute atomic E-state index is 0.156. The molecule has 0 aliphatic carbocycles. The number of hydrogen-bond acceptors (Lipinski definition) is 5. The number of thiazole rings is 1. The second-order valence-corrected chi connectivity index (χ2v) is 3.76. The maximum Gasteiger partial charge on any atom is 0.332 e. The molecule has 14 heavy (non-hydrogen) atoms. The van der Waals surface area contributed by atoms with Gasteiger partial charge in [0.2, 0.25) is 0 Å². The highest BCUT2D eigenvalue weighted by Gasteiger charge is 2.10. The molecule has 0 N–H and O–H groups in total. The van der Waals surface area contributed by atoms with Crippen LogP contribution in [0.25, 0.3) is 6.08 Å². The van der Waals surface area contributed by atoms with Crippen molar-refractivity contribution in [1.82, 2.24) is 4.57 Å². The summed E-state index contributed by atoms with van der Waals surface area (Å²) in [5.74, 6) is -0.511. The molecule has 1 aliphatic rings. The molecule has 0 saturated heterocycles. The van der Waals surface area contributed by atoms with Gasteiger partial charge in [0.25, 0.3) is 5.56 Å². The first-order valence-electron chi connectivity index (χ1n) is 4.06. The van der Waals surface area contributed by atoms with Crippen LogP contribution < -0.4 is 14.9 Å². The van der Waals surface area contributed by atoms with Crippen molar-refractivity contribution in [2.45, 2.75) is 6.54 Å². The Morgan fingerprint density at radius 2 is 2.50 bits per heavy atom. The number of carbonyl (C=O) groups excluding carboxylic acids is 1. The molecule has 1 aliphatic heterocycles. The lowest BCUT2D eigenvalue weighted by molar-refractivity contribution is -0.133. The summed E-state index contributed by atoms with van der Waals surface area (Å²) in [6, 6.07) is 0. The van der Waals surface area contributed by atoms with E-state index in [1.165, 1.54) is 24.5 Å². The molecule has 2 rings (SSSR count). The number of rotatable bonds is 1. The second-order valence-electron chi connectivity index (χ2n) is 2.75. The van der Waals surface area contributed by atoms with Crippen LogP contribution in [0.2, 0.25) is 0 Å². The Hall–Kier alpha value is -1.43. The highest BCUT2D eigenvalue weighted by molar-refractivity contribution is 7.07. The quantitative estimate of drug-likeness (QED) is 0.532. The molecule has 0 atom stereocenters. The number of hydrogen-bond donors (Lipinski definition) is 0. The summed E-state index contributed by atoms with van der Waals surface area (Å²) in [7, 11) is 1.28. The van der Waals surface area contributed by atoms with Gasteiger partial charge >= 0.3 is 5.97 Å². The smallest absolute Gasteiger partial charge is 0.332 e. The van der Waals surface area contributed by atoms with Gasteiger partial charge in [-0.05, 0) is 0 Å². The van der Waals surface area contributed by atoms with Crippen molar-refractivity contribution in [2.24, 2.45) is 4.99 Å². The van der Waals surface area contributed by atoms with Crippen LogP contribution in [0.1, 0.15) is 0 Å². The second kappa shape index (κ2) is 3.38. The Morgan fingerprint density at radius 1 is 1.71 bits per heavy atom. The normalized spacial score (nSPS) is 15.1. The van der Waals surface area contributed by atoms with Gasteiger partial charge in [-0.15, -0.1) is 0 Å². The third-order valence-corrected chi connectivity index (χ3v) is 2.95. The SMILES string of the molecule is COC(=O)C=c1sc2n(c1=O)CCN=2. The number of aromatic nitrogens is 1. The molecule has 74 valence electrons. The van der Waals surface area contributed by atoms with E-state index in [4.69, 9.17) is 0 Å². The molecule has 6 heteroatoms. The molecule has 0 saturated carbocycles. The van der Waals surface area contributed by atoms with E-state index in [1.54, 1.807) is 4.57 Å². The molecule has 1 aromatic heterocycles. The van der Waals surface area contributed by atoms with E-state index in [1.807, 2.05) is 0 Å². The van der Waals surface area contributed by atoms with Crippen LogP contribution in [0, 0.1) is 0 Å². The van der Waals surface area contributed by atoms with Gasteiger partial charge in [-0.1, -0.05) is 11.3 Å². The van der Waals surface area contributed by atoms with Gasteiger partial charge in [-0.25, -0.2) is 4.79 Å². The summed E-state index contributed by atoms with van der Waals surface area (Å²) in [5.41, 5.74) is -0.156. The standard InChI is InChI=1S/C8H8N2O3S/c1-13-6(11)4-5-7(12)10-3-2-9-8(10)14-5/h4H,2-3H2,1H3. The number of methoxy groups -OCH3 is 1. The van der Waals surface area contributed by atoms with Gasteiger partial charge in [0.15, 0.2) is 4.80 Å². The van der Waals surface area contributed by atoms with Crippen molar-refractivity contribution in [3.63, 3.8) is 0 Å². The van der Waals surface area contributed by atoms with E-state index < -0.39 is 5.97 Å². The van der Waals surface area contributed by atoms with Crippen LogP contribution in [0.4, 0.5) is 0 Å². The lowest BCUT2D eigenvalue weighted by Crippen LogP contribution is -2.30. The summed E-state index contributed by atoms with van der Waals surface area (Å²) in [6.07, 6.45) is 1.20. The minimum Gasteiger partial charge on any atom is -0.466 e. The van der Waals surface area contributed by atoms with Crippen molar-refractivity contribution < 1.29 is 9.53 Å². The average molecular weight is 212 g/mol. The van der Waals surface area contributed by atoms with Gasteiger partial charge < -0.3 is 4.74 Å². The molecule has 0 unspecified atom stereocenters. The Labute approximate surface area is 83.0 Å². The third-order valence-electron chi connectivity index (χ3n) is 1.91. The molecular formula is C8H8N2O3S. The zero-order valence-electron chi connectivity index (χ0n) is 7.52. The first-order valence-corrected chi connectivity index (χ1v) is 4.88. The molecule has 0 radical (unpaired) electrons. The van der Waals surface area contributed by atoms with Crippen molar-refractivity contribution >= 4 is 23.4 Å². The molecular weight excluding hydrogens is 204 g/mol. The van der Waals surface area contributed by atoms with E-state index >= 15 is 0 Å². The number of fused-ring (bicyclic) bond motifs is 1. The minimum atomic E-state index is -0.511. The summed E-state index contributed by atoms with van der Waals surface area (Å²) < 4.78 is 6.40. The predicted octanol–water partition coefficient (Wildman–Crippen LogP) is -1.50. The number of ether oxygens (including phenoxy) is 1. The molecule has 0 amide bonds. The third kappa shape index (κ3) is 1.37. The van der Waals surface area contributed by atoms with E-state index in [0.29, 0.717) is 22.4 Å². The largest absolute Gasteiger partial charge is 0.466 e. The predicted molar refractivity (Wildman–Crippen MR) is 50.7 cm³/mol. The molecule has 0 spiro atoms. The highest BCUT2D eigenvalue weighted by Crippen LogP contribution is 1.86. The molecule has 0 aromatic carbocycles. The fourth-order valence-electron chi connectivity index (χ4n) is 1.23. The highest BCUT2D eigenvalue weighted by atomic mass is 32.1. The topological polar surface area (TPSA) is 60.7 Å². The number of nitrogens with zero attached hydrogens (tertiary/aromatic N) is 2. The maximum atomic E-state index is 11.6. The van der Waals surface area contributed by atoms with Crippen LogP contribution in [0.3, 0.4) is 0 Å². The molecule has 5 nitrogen and oxygen atoms in total. The van der Waals surface area contributed by atoms with Crippen LogP contribution in [-0.4, -0.2) is 24.2 Å². The summed E-state index contributed by atoms with van der Waals surface area (Å²) >= 11 is 1.22. The van der Waals surface area contributed by atoms with Crippen LogP contribution in [0.5, 0.6) is 0 Å². The van der Waals surface area contributed by atoms with Crippen LogP contribution in [-0.2, 0) is 16.1 Å². The van der Waals surface area contributed by atoms with Crippen molar-refractivity contribution in [1.29, 1.82) is 0 Å². The van der Waals surface area contributed by atoms with Gasteiger partial charge in [-0.2, -0.15) is 0 Å². The summed E-state index contributed by atoms with van der Waals surface area (Å²) in [6.45, 7) is 1.26. The molecule has 2 heterocycles. The van der Waals surface area contributed by atoms with E-state index in [2.05, 4.69) is 9.73 Å². The Kier molecular flexibility index (Phi) is 2.20.